The fourth-order valence-electron chi connectivity index (χ4n) is 3.01. The van der Waals surface area contributed by atoms with E-state index in [1.807, 2.05) is 7.05 Å². The fraction of sp³-hybridized carbons (Fsp3) is 0.769. The van der Waals surface area contributed by atoms with Gasteiger partial charge in [0.1, 0.15) is 5.15 Å². The van der Waals surface area contributed by atoms with Crippen molar-refractivity contribution in [3.63, 3.8) is 0 Å². The molecular weight excluding hydrogens is 234 g/mol. The van der Waals surface area contributed by atoms with Crippen LogP contribution in [0.4, 0.5) is 0 Å². The molecule has 0 aromatic carbocycles. The molecule has 0 amide bonds. The molecular formula is C13H22ClN3. The van der Waals surface area contributed by atoms with Crippen LogP contribution in [0.15, 0.2) is 0 Å². The van der Waals surface area contributed by atoms with Crippen LogP contribution in [0, 0.1) is 6.92 Å². The van der Waals surface area contributed by atoms with Gasteiger partial charge in [0.05, 0.1) is 5.69 Å². The van der Waals surface area contributed by atoms with Gasteiger partial charge in [-0.05, 0) is 39.2 Å². The van der Waals surface area contributed by atoms with Crippen molar-refractivity contribution in [1.29, 1.82) is 0 Å². The van der Waals surface area contributed by atoms with E-state index < -0.39 is 0 Å². The summed E-state index contributed by atoms with van der Waals surface area (Å²) in [6.07, 6.45) is 5.98. The highest BCUT2D eigenvalue weighted by Crippen LogP contribution is 2.32. The van der Waals surface area contributed by atoms with E-state index in [9.17, 15) is 0 Å². The van der Waals surface area contributed by atoms with Gasteiger partial charge in [-0.3, -0.25) is 4.68 Å². The number of hydrogen-bond acceptors (Lipinski definition) is 2. The summed E-state index contributed by atoms with van der Waals surface area (Å²) in [7, 11) is 1.91. The molecule has 0 radical (unpaired) electrons. The van der Waals surface area contributed by atoms with Crippen molar-refractivity contribution in [2.45, 2.75) is 51.5 Å². The molecule has 0 spiro atoms. The van der Waals surface area contributed by atoms with Crippen molar-refractivity contribution in [2.75, 3.05) is 6.54 Å². The summed E-state index contributed by atoms with van der Waals surface area (Å²) in [5.74, 6) is 0. The number of aryl methyl sites for hydroxylation is 2. The maximum atomic E-state index is 6.33. The summed E-state index contributed by atoms with van der Waals surface area (Å²) >= 11 is 6.33. The average Bonchev–Trinajstić information content (AvgIpc) is 2.82. The van der Waals surface area contributed by atoms with Crippen molar-refractivity contribution in [2.24, 2.45) is 7.05 Å². The molecule has 1 aliphatic rings. The molecule has 17 heavy (non-hydrogen) atoms. The molecule has 2 rings (SSSR count). The van der Waals surface area contributed by atoms with Gasteiger partial charge in [0, 0.05) is 18.2 Å². The number of hydrogen-bond donors (Lipinski definition) is 1. The maximum Gasteiger partial charge on any atom is 0.130 e. The first kappa shape index (κ1) is 12.9. The number of halogens is 1. The third-order valence-electron chi connectivity index (χ3n) is 3.85. The highest BCUT2D eigenvalue weighted by Gasteiger charge is 2.34. The van der Waals surface area contributed by atoms with Crippen LogP contribution in [0.2, 0.25) is 5.15 Å². The van der Waals surface area contributed by atoms with Crippen LogP contribution in [0.3, 0.4) is 0 Å². The molecule has 1 unspecified atom stereocenters. The van der Waals surface area contributed by atoms with Crippen LogP contribution in [0.5, 0.6) is 0 Å². The number of rotatable bonds is 4. The lowest BCUT2D eigenvalue weighted by Gasteiger charge is -2.29. The SMILES string of the molecule is CCCC1(Cc2c(C)nn(C)c2Cl)CCCN1. The molecule has 2 heterocycles. The number of nitrogens with one attached hydrogen (secondary N) is 1. The molecule has 0 saturated carbocycles. The van der Waals surface area contributed by atoms with E-state index >= 15 is 0 Å². The minimum absolute atomic E-state index is 0.256. The first-order valence-electron chi connectivity index (χ1n) is 6.51. The van der Waals surface area contributed by atoms with Crippen LogP contribution < -0.4 is 5.32 Å². The fourth-order valence-corrected chi connectivity index (χ4v) is 3.25. The quantitative estimate of drug-likeness (QED) is 0.897. The van der Waals surface area contributed by atoms with E-state index in [0.717, 1.165) is 23.8 Å². The third-order valence-corrected chi connectivity index (χ3v) is 4.32. The van der Waals surface area contributed by atoms with Gasteiger partial charge in [0.25, 0.3) is 0 Å². The minimum atomic E-state index is 0.256. The van der Waals surface area contributed by atoms with Crippen molar-refractivity contribution in [3.8, 4) is 0 Å². The Balaban J connectivity index is 2.23. The van der Waals surface area contributed by atoms with Crippen LogP contribution in [-0.2, 0) is 13.5 Å². The van der Waals surface area contributed by atoms with Gasteiger partial charge in [-0.25, -0.2) is 0 Å². The largest absolute Gasteiger partial charge is 0.311 e. The molecule has 1 aromatic heterocycles. The van der Waals surface area contributed by atoms with Crippen molar-refractivity contribution in [3.05, 3.63) is 16.4 Å². The Kier molecular flexibility index (Phi) is 3.79. The summed E-state index contributed by atoms with van der Waals surface area (Å²) in [4.78, 5) is 0. The highest BCUT2D eigenvalue weighted by molar-refractivity contribution is 6.30. The van der Waals surface area contributed by atoms with Gasteiger partial charge in [-0.2, -0.15) is 5.10 Å². The second-order valence-electron chi connectivity index (χ2n) is 5.22. The first-order chi connectivity index (χ1) is 8.08. The van der Waals surface area contributed by atoms with Crippen LogP contribution in [0.25, 0.3) is 0 Å². The Morgan fingerprint density at radius 3 is 2.76 bits per heavy atom. The monoisotopic (exact) mass is 255 g/mol. The minimum Gasteiger partial charge on any atom is -0.311 e. The van der Waals surface area contributed by atoms with Crippen LogP contribution >= 0.6 is 11.6 Å². The van der Waals surface area contributed by atoms with Crippen LogP contribution in [-0.4, -0.2) is 21.9 Å². The maximum absolute atomic E-state index is 6.33. The lowest BCUT2D eigenvalue weighted by molar-refractivity contribution is 0.341. The Hall–Kier alpha value is -0.540. The van der Waals surface area contributed by atoms with E-state index in [-0.39, 0.29) is 5.54 Å². The standard InChI is InChI=1S/C13H22ClN3/c1-4-6-13(7-5-8-15-13)9-11-10(2)16-17(3)12(11)14/h15H,4-9H2,1-3H3. The predicted molar refractivity (Wildman–Crippen MR) is 71.5 cm³/mol. The smallest absolute Gasteiger partial charge is 0.130 e. The van der Waals surface area contributed by atoms with Gasteiger partial charge in [0.2, 0.25) is 0 Å². The van der Waals surface area contributed by atoms with Gasteiger partial charge >= 0.3 is 0 Å². The average molecular weight is 256 g/mol. The van der Waals surface area contributed by atoms with E-state index in [0.29, 0.717) is 0 Å². The van der Waals surface area contributed by atoms with Gasteiger partial charge in [-0.1, -0.05) is 24.9 Å². The van der Waals surface area contributed by atoms with Gasteiger partial charge in [-0.15, -0.1) is 0 Å². The zero-order chi connectivity index (χ0) is 12.5. The van der Waals surface area contributed by atoms with E-state index in [2.05, 4.69) is 24.3 Å². The molecule has 3 nitrogen and oxygen atoms in total. The first-order valence-corrected chi connectivity index (χ1v) is 6.89. The van der Waals surface area contributed by atoms with E-state index in [4.69, 9.17) is 11.6 Å². The Bertz CT molecular complexity index is 392. The topological polar surface area (TPSA) is 29.9 Å². The summed E-state index contributed by atoms with van der Waals surface area (Å²) < 4.78 is 1.78. The number of nitrogens with zero attached hydrogens (tertiary/aromatic N) is 2. The van der Waals surface area contributed by atoms with E-state index in [1.165, 1.54) is 31.2 Å². The molecule has 96 valence electrons. The normalized spacial score (nSPS) is 24.5. The summed E-state index contributed by atoms with van der Waals surface area (Å²) in [5, 5.41) is 8.89. The molecule has 0 aliphatic carbocycles. The lowest BCUT2D eigenvalue weighted by atomic mass is 9.85. The van der Waals surface area contributed by atoms with Crippen molar-refractivity contribution < 1.29 is 0 Å². The highest BCUT2D eigenvalue weighted by atomic mass is 35.5. The Labute approximate surface area is 109 Å². The summed E-state index contributed by atoms with van der Waals surface area (Å²) in [6, 6.07) is 0. The summed E-state index contributed by atoms with van der Waals surface area (Å²) in [6.45, 7) is 5.44. The zero-order valence-corrected chi connectivity index (χ0v) is 11.8. The predicted octanol–water partition coefficient (Wildman–Crippen LogP) is 2.85. The number of aromatic nitrogens is 2. The molecule has 1 aromatic rings. The molecule has 4 heteroatoms. The molecule has 1 fully saturated rings. The molecule has 1 atom stereocenters. The second-order valence-corrected chi connectivity index (χ2v) is 5.57. The zero-order valence-electron chi connectivity index (χ0n) is 11.0. The molecule has 1 saturated heterocycles. The van der Waals surface area contributed by atoms with Crippen molar-refractivity contribution >= 4 is 11.6 Å². The summed E-state index contributed by atoms with van der Waals surface area (Å²) in [5.41, 5.74) is 2.55. The van der Waals surface area contributed by atoms with E-state index in [1.54, 1.807) is 4.68 Å². The molecule has 1 N–H and O–H groups in total. The van der Waals surface area contributed by atoms with Gasteiger partial charge < -0.3 is 5.32 Å². The third kappa shape index (κ3) is 2.50. The Morgan fingerprint density at radius 1 is 1.53 bits per heavy atom. The Morgan fingerprint density at radius 2 is 2.29 bits per heavy atom. The van der Waals surface area contributed by atoms with Crippen LogP contribution in [0.1, 0.15) is 43.9 Å². The molecule has 0 bridgehead atoms. The second kappa shape index (κ2) is 4.99. The molecule has 1 aliphatic heterocycles. The lowest BCUT2D eigenvalue weighted by Crippen LogP contribution is -2.41. The van der Waals surface area contributed by atoms with Gasteiger partial charge in [0.15, 0.2) is 0 Å². The van der Waals surface area contributed by atoms with Crippen molar-refractivity contribution in [1.82, 2.24) is 15.1 Å².